The van der Waals surface area contributed by atoms with E-state index in [-0.39, 0.29) is 0 Å². The Morgan fingerprint density at radius 2 is 0.745 bits per heavy atom. The van der Waals surface area contributed by atoms with E-state index in [1.807, 2.05) is 0 Å². The zero-order chi connectivity index (χ0) is 40.4. The van der Waals surface area contributed by atoms with Crippen molar-refractivity contribution in [2.24, 2.45) is 0 Å². The van der Waals surface area contributed by atoms with Crippen molar-refractivity contribution in [2.75, 3.05) is 14.2 Å². The van der Waals surface area contributed by atoms with Crippen molar-refractivity contribution in [3.05, 3.63) is 85.5 Å². The van der Waals surface area contributed by atoms with E-state index in [0.717, 1.165) is 90.7 Å². The van der Waals surface area contributed by atoms with Gasteiger partial charge in [-0.05, 0) is 122 Å². The Labute approximate surface area is 346 Å². The van der Waals surface area contributed by atoms with Gasteiger partial charge in [-0.15, -0.1) is 0 Å². The van der Waals surface area contributed by atoms with Crippen LogP contribution < -0.4 is 0 Å². The first kappa shape index (κ1) is 49.1. The molecular formula is C50H82N2NiO2. The summed E-state index contributed by atoms with van der Waals surface area (Å²) in [7, 11) is 3.12. The molecule has 314 valence electrons. The van der Waals surface area contributed by atoms with E-state index < -0.39 is 0 Å². The van der Waals surface area contributed by atoms with Crippen molar-refractivity contribution in [1.82, 2.24) is 0 Å². The molecule has 0 saturated carbocycles. The summed E-state index contributed by atoms with van der Waals surface area (Å²) in [5, 5.41) is 0. The normalized spacial score (nSPS) is 13.0. The van der Waals surface area contributed by atoms with E-state index in [1.54, 1.807) is 18.9 Å². The first-order valence-electron chi connectivity index (χ1n) is 22.8. The first-order chi connectivity index (χ1) is 26.8. The molecule has 0 radical (unpaired) electrons. The van der Waals surface area contributed by atoms with Gasteiger partial charge in [0.15, 0.2) is 0 Å². The Kier molecular flexibility index (Phi) is 26.1. The van der Waals surface area contributed by atoms with Crippen LogP contribution in [0.5, 0.6) is 0 Å². The molecule has 1 aliphatic rings. The van der Waals surface area contributed by atoms with Crippen LogP contribution in [0.25, 0.3) is 16.9 Å². The number of aryl methyl sites for hydroxylation is 4. The van der Waals surface area contributed by atoms with E-state index in [9.17, 15) is 5.53 Å². The molecule has 0 saturated heterocycles. The molecule has 5 heteroatoms. The SMILES string of the molecule is CCCCCCCCCCCCCCCCC1=C(c2cc(CC)c(CC)c(CC)c2)[N+](=[N-])C(c2cc(CC)c(CC)c(CC)c2)=C1CCCC.C[O][Ni][O]C. The topological polar surface area (TPSA) is 43.8 Å². The molecule has 0 fully saturated rings. The van der Waals surface area contributed by atoms with Crippen LogP contribution in [0.15, 0.2) is 35.4 Å². The predicted molar refractivity (Wildman–Crippen MR) is 235 cm³/mol. The van der Waals surface area contributed by atoms with Crippen molar-refractivity contribution in [3.63, 3.8) is 0 Å². The number of hydrogen-bond donors (Lipinski definition) is 0. The van der Waals surface area contributed by atoms with Gasteiger partial charge in [0.2, 0.25) is 11.4 Å². The summed E-state index contributed by atoms with van der Waals surface area (Å²) in [6, 6.07) is 9.64. The fourth-order valence-corrected chi connectivity index (χ4v) is 8.89. The van der Waals surface area contributed by atoms with Crippen molar-refractivity contribution >= 4 is 11.4 Å². The Hall–Kier alpha value is -2.07. The Bertz CT molecular complexity index is 1420. The predicted octanol–water partition coefficient (Wildman–Crippen LogP) is 15.5. The van der Waals surface area contributed by atoms with Crippen molar-refractivity contribution in [3.8, 4) is 0 Å². The Morgan fingerprint density at radius 1 is 0.436 bits per heavy atom. The summed E-state index contributed by atoms with van der Waals surface area (Å²) >= 11 is 0.819. The summed E-state index contributed by atoms with van der Waals surface area (Å²) < 4.78 is 10.5. The van der Waals surface area contributed by atoms with Crippen LogP contribution in [0.3, 0.4) is 0 Å². The van der Waals surface area contributed by atoms with Crippen LogP contribution in [0.4, 0.5) is 0 Å². The van der Waals surface area contributed by atoms with Crippen LogP contribution in [0.2, 0.25) is 0 Å². The molecule has 0 atom stereocenters. The molecule has 1 aliphatic heterocycles. The van der Waals surface area contributed by atoms with Gasteiger partial charge < -0.3 is 5.53 Å². The second-order valence-electron chi connectivity index (χ2n) is 15.4. The van der Waals surface area contributed by atoms with Gasteiger partial charge in [0.25, 0.3) is 0 Å². The number of rotatable bonds is 28. The van der Waals surface area contributed by atoms with Gasteiger partial charge in [0, 0.05) is 22.3 Å². The number of nitrogens with zero attached hydrogens (tertiary/aromatic N) is 2. The van der Waals surface area contributed by atoms with E-state index in [0.29, 0.717) is 0 Å². The van der Waals surface area contributed by atoms with Crippen molar-refractivity contribution in [2.45, 2.75) is 209 Å². The van der Waals surface area contributed by atoms with Gasteiger partial charge in [-0.2, -0.15) is 0 Å². The molecule has 2 aromatic rings. The van der Waals surface area contributed by atoms with E-state index in [1.165, 1.54) is 146 Å². The fraction of sp³-hybridized carbons (Fsp3) is 0.680. The fourth-order valence-electron chi connectivity index (χ4n) is 8.73. The first-order valence-corrected chi connectivity index (χ1v) is 23.6. The quantitative estimate of drug-likeness (QED) is 0.0489. The third-order valence-electron chi connectivity index (χ3n) is 11.7. The van der Waals surface area contributed by atoms with Crippen LogP contribution >= 0.6 is 0 Å². The number of allylic oxidation sites excluding steroid dienone is 2. The molecule has 1 heterocycles. The van der Waals surface area contributed by atoms with Gasteiger partial charge >= 0.3 is 37.1 Å². The number of unbranched alkanes of at least 4 members (excludes halogenated alkanes) is 14. The molecular weight excluding hydrogens is 719 g/mol. The maximum absolute atomic E-state index is 12.4. The van der Waals surface area contributed by atoms with Crippen LogP contribution in [0.1, 0.15) is 215 Å². The minimum absolute atomic E-state index is 0.819. The van der Waals surface area contributed by atoms with Gasteiger partial charge in [-0.25, -0.2) is 4.70 Å². The molecule has 55 heavy (non-hydrogen) atoms. The third-order valence-corrected chi connectivity index (χ3v) is 12.0. The average molecular weight is 802 g/mol. The summed E-state index contributed by atoms with van der Waals surface area (Å²) in [5.41, 5.74) is 28.5. The molecule has 0 amide bonds. The molecule has 0 aromatic heterocycles. The van der Waals surface area contributed by atoms with E-state index >= 15 is 0 Å². The van der Waals surface area contributed by atoms with Crippen molar-refractivity contribution < 1.29 is 27.5 Å². The summed E-state index contributed by atoms with van der Waals surface area (Å²) in [5.74, 6) is 0. The molecule has 0 N–H and O–H groups in total. The second-order valence-corrected chi connectivity index (χ2v) is 16.4. The molecule has 0 spiro atoms. The average Bonchev–Trinajstić information content (AvgIpc) is 3.49. The Morgan fingerprint density at radius 3 is 1.02 bits per heavy atom. The maximum atomic E-state index is 12.4. The van der Waals surface area contributed by atoms with Crippen LogP contribution in [-0.2, 0) is 61.4 Å². The van der Waals surface area contributed by atoms with Crippen LogP contribution in [-0.4, -0.2) is 18.9 Å². The molecule has 0 aliphatic carbocycles. The van der Waals surface area contributed by atoms with Gasteiger partial charge in [0.1, 0.15) is 0 Å². The van der Waals surface area contributed by atoms with Gasteiger partial charge in [-0.1, -0.05) is 145 Å². The standard InChI is InChI=1S/C48H76N2.2CH3O.Ni/c1-9-17-19-20-21-22-23-24-25-26-27-28-29-30-32-46-45(31-18-10-2)47(41-33-37(11-3)43(15-7)38(12-4)34-41)50(49)48(46)42-35-39(13-5)44(16-8)40(14-6)36-42;2*1-2;/h33-36H,9-32H2,1-8H3;2*1H3;/q;2*-1;+2. The molecule has 0 bridgehead atoms. The van der Waals surface area contributed by atoms with Gasteiger partial charge in [0.05, 0.1) is 0 Å². The third kappa shape index (κ3) is 15.3. The summed E-state index contributed by atoms with van der Waals surface area (Å²) in [6.07, 6.45) is 29.9. The van der Waals surface area contributed by atoms with Gasteiger partial charge in [-0.3, -0.25) is 0 Å². The van der Waals surface area contributed by atoms with Crippen LogP contribution in [0, 0.1) is 0 Å². The molecule has 0 unspecified atom stereocenters. The summed E-state index contributed by atoms with van der Waals surface area (Å²) in [4.78, 5) is 0. The van der Waals surface area contributed by atoms with E-state index in [2.05, 4.69) is 87.4 Å². The number of hydrogen-bond acceptors (Lipinski definition) is 2. The zero-order valence-corrected chi connectivity index (χ0v) is 38.3. The molecule has 2 aromatic carbocycles. The zero-order valence-electron chi connectivity index (χ0n) is 37.3. The monoisotopic (exact) mass is 801 g/mol. The Balaban J connectivity index is 0.00000196. The number of benzene rings is 2. The van der Waals surface area contributed by atoms with Crippen molar-refractivity contribution in [1.29, 1.82) is 0 Å². The molecule has 4 nitrogen and oxygen atoms in total. The minimum atomic E-state index is 0.819. The van der Waals surface area contributed by atoms with E-state index in [4.69, 9.17) is 0 Å². The summed E-state index contributed by atoms with van der Waals surface area (Å²) in [6.45, 7) is 18.3. The molecule has 3 rings (SSSR count). The second kappa shape index (κ2) is 29.2.